The van der Waals surface area contributed by atoms with E-state index in [1.54, 1.807) is 111 Å². The molecule has 0 saturated carbocycles. The van der Waals surface area contributed by atoms with Crippen LogP contribution < -0.4 is 27.2 Å². The van der Waals surface area contributed by atoms with Crippen molar-refractivity contribution in [2.75, 3.05) is 58.9 Å². The lowest BCUT2D eigenvalue weighted by Crippen LogP contribution is -2.52. The van der Waals surface area contributed by atoms with E-state index < -0.39 is 41.7 Å². The van der Waals surface area contributed by atoms with Crippen molar-refractivity contribution in [2.45, 2.75) is 178 Å². The van der Waals surface area contributed by atoms with Crippen molar-refractivity contribution in [3.8, 4) is 0 Å². The third kappa shape index (κ3) is 27.6. The first kappa shape index (κ1) is 102. The summed E-state index contributed by atoms with van der Waals surface area (Å²) in [7, 11) is 0. The van der Waals surface area contributed by atoms with Crippen LogP contribution in [-0.2, 0) is 72.4 Å². The van der Waals surface area contributed by atoms with Gasteiger partial charge in [0.25, 0.3) is 5.91 Å². The number of aromatic carboxylic acids is 1. The topological polar surface area (TPSA) is 364 Å². The third-order valence-corrected chi connectivity index (χ3v) is 26.3. The Morgan fingerprint density at radius 1 is 0.449 bits per heavy atom. The van der Waals surface area contributed by atoms with Crippen LogP contribution in [0.3, 0.4) is 0 Å². The van der Waals surface area contributed by atoms with E-state index in [0.29, 0.717) is 132 Å². The molecule has 6 saturated heterocycles. The molecule has 3 aromatic heterocycles. The number of halogens is 4. The Morgan fingerprint density at radius 2 is 0.797 bits per heavy atom. The molecule has 6 fully saturated rings. The number of nitrogens with one attached hydrogen (secondary N) is 2. The average Bonchev–Trinajstić information content (AvgIpc) is 1.13. The van der Waals surface area contributed by atoms with E-state index in [-0.39, 0.29) is 88.1 Å². The van der Waals surface area contributed by atoms with Crippen molar-refractivity contribution in [3.05, 3.63) is 328 Å². The van der Waals surface area contributed by atoms with Gasteiger partial charge in [-0.1, -0.05) is 185 Å². The Bertz CT molecular complexity index is 6410. The fourth-order valence-corrected chi connectivity index (χ4v) is 18.8. The number of alkyl carbamates (subject to hydrolysis) is 1. The van der Waals surface area contributed by atoms with Crippen molar-refractivity contribution in [1.82, 2.24) is 55.2 Å². The number of nitrogens with two attached hydrogens (primary N) is 1. The summed E-state index contributed by atoms with van der Waals surface area (Å²) >= 11 is 18.1. The van der Waals surface area contributed by atoms with Crippen molar-refractivity contribution in [2.24, 2.45) is 5.73 Å². The number of fused-ring (bicyclic) bond motifs is 3. The van der Waals surface area contributed by atoms with Crippen LogP contribution in [0.25, 0.3) is 33.0 Å². The largest absolute Gasteiger partial charge is 0.475 e. The minimum atomic E-state index is -1.24. The minimum absolute atomic E-state index is 0. The van der Waals surface area contributed by atoms with E-state index in [1.807, 2.05) is 109 Å². The van der Waals surface area contributed by atoms with E-state index in [2.05, 4.69) is 69.5 Å². The number of nitrogens with zero attached hydrogens (tertiary/aromatic N) is 9. The quantitative estimate of drug-likeness (QED) is 0.0393. The second-order valence-electron chi connectivity index (χ2n) is 36.2. The number of amides is 8. The number of carboxylic acid groups (broad SMARTS) is 1. The molecule has 0 unspecified atom stereocenters. The number of hydrogen-bond acceptors (Lipinski definition) is 18. The summed E-state index contributed by atoms with van der Waals surface area (Å²) in [5.74, 6) is -0.950. The number of carbonyl (C=O) groups excluding carboxylic acids is 8. The monoisotopic (exact) mass is 1950 g/mol. The summed E-state index contributed by atoms with van der Waals surface area (Å²) in [6, 6.07) is 67.5. The molecular weight excluding hydrogens is 1840 g/mol. The first-order valence-corrected chi connectivity index (χ1v) is 47.7. The molecule has 32 heteroatoms. The van der Waals surface area contributed by atoms with Gasteiger partial charge in [0.05, 0.1) is 16.8 Å². The molecule has 9 heterocycles. The number of likely N-dealkylation sites (tertiary alicyclic amines) is 6. The second kappa shape index (κ2) is 48.2. The van der Waals surface area contributed by atoms with Gasteiger partial charge in [0.15, 0.2) is 16.6 Å². The normalized spacial score (nSPS) is 15.9. The molecule has 28 nitrogen and oxygen atoms in total. The van der Waals surface area contributed by atoms with Gasteiger partial charge in [-0.25, -0.2) is 9.59 Å². The first-order valence-electron chi connectivity index (χ1n) is 46.5. The van der Waals surface area contributed by atoms with Crippen LogP contribution in [0.15, 0.2) is 249 Å². The number of hydrogen-bond donors (Lipinski definition) is 5. The number of aromatic nitrogens is 3. The Labute approximate surface area is 821 Å². The van der Waals surface area contributed by atoms with Gasteiger partial charge >= 0.3 is 12.1 Å². The molecule has 722 valence electrons. The van der Waals surface area contributed by atoms with E-state index in [0.717, 1.165) is 124 Å². The van der Waals surface area contributed by atoms with Crippen LogP contribution in [0, 0.1) is 0 Å². The maximum absolute atomic E-state index is 13.9. The number of rotatable bonds is 22. The Hall–Kier alpha value is -13.3. The Morgan fingerprint density at radius 3 is 1.18 bits per heavy atom. The highest BCUT2D eigenvalue weighted by Crippen LogP contribution is 2.37. The number of benzene rings is 9. The van der Waals surface area contributed by atoms with Crippen LogP contribution in [0.1, 0.15) is 187 Å². The number of piperidine rings is 3. The lowest BCUT2D eigenvalue weighted by Gasteiger charge is -2.35. The van der Waals surface area contributed by atoms with Crippen molar-refractivity contribution >= 4 is 134 Å². The van der Waals surface area contributed by atoms with Crippen LogP contribution in [0.5, 0.6) is 0 Å². The molecule has 9 aromatic carbocycles. The summed E-state index contributed by atoms with van der Waals surface area (Å²) in [4.78, 5) is 150. The SMILES string of the molecule is CC(C)(C)OC(=O)N[C@@H](Cc1ccc(Cl)cc1)C(=O)N1CCC(c2ccccc2CN2CCCC2=O)CC1.Cl.N[C@@H](Cc1ccc(Cl)cc1)C(=O)N1CCC(c2ccccc2CN2CCCC2=O)CC1.O=C(N[C@@H](Cc1ccc(Cl)cc1)C(=O)N1CCC(c2ccccc2CN2CCCC2=O)CC1)c1cc(=O)c2ccccc2o1.O=C(O)c1cc(=O)c2ccccc2o1.On1nnc2ccccc21. The first-order chi connectivity index (χ1) is 66.0. The van der Waals surface area contributed by atoms with Gasteiger partial charge in [-0.05, 0) is 231 Å². The van der Waals surface area contributed by atoms with Gasteiger partial charge in [0.1, 0.15) is 39.9 Å². The van der Waals surface area contributed by atoms with Gasteiger partial charge < -0.3 is 69.7 Å². The fourth-order valence-electron chi connectivity index (χ4n) is 18.4. The highest BCUT2D eigenvalue weighted by molar-refractivity contribution is 6.31. The Kier molecular flexibility index (Phi) is 35.7. The molecule has 8 amide bonds. The van der Waals surface area contributed by atoms with E-state index >= 15 is 0 Å². The maximum atomic E-state index is 13.9. The zero-order chi connectivity index (χ0) is 96.8. The minimum Gasteiger partial charge on any atom is -0.475 e. The molecule has 0 radical (unpaired) electrons. The molecule has 0 bridgehead atoms. The molecule has 0 spiro atoms. The smallest absolute Gasteiger partial charge is 0.408 e. The molecule has 3 atom stereocenters. The van der Waals surface area contributed by atoms with Crippen molar-refractivity contribution in [1.29, 1.82) is 0 Å². The number of carboxylic acids is 1. The molecule has 18 rings (SSSR count). The van der Waals surface area contributed by atoms with E-state index in [9.17, 15) is 52.7 Å². The lowest BCUT2D eigenvalue weighted by molar-refractivity contribution is -0.135. The number of ether oxygens (including phenoxy) is 1. The van der Waals surface area contributed by atoms with Gasteiger partial charge in [-0.3, -0.25) is 43.2 Å². The molecular formula is C106H114Cl4N12O16. The average molecular weight is 1950 g/mol. The predicted molar refractivity (Wildman–Crippen MR) is 531 cm³/mol. The van der Waals surface area contributed by atoms with Crippen molar-refractivity contribution in [3.63, 3.8) is 0 Å². The molecule has 6 aliphatic heterocycles. The molecule has 6 aliphatic rings. The van der Waals surface area contributed by atoms with Crippen LogP contribution >= 0.6 is 47.2 Å². The zero-order valence-electron chi connectivity index (χ0n) is 77.2. The third-order valence-electron chi connectivity index (χ3n) is 25.5. The molecule has 138 heavy (non-hydrogen) atoms. The summed E-state index contributed by atoms with van der Waals surface area (Å²) < 4.78 is 16.2. The highest BCUT2D eigenvalue weighted by Gasteiger charge is 2.37. The fraction of sp³-hybridized carbons (Fsp3) is 0.349. The highest BCUT2D eigenvalue weighted by atomic mass is 35.5. The Balaban J connectivity index is 0.000000156. The van der Waals surface area contributed by atoms with Crippen molar-refractivity contribution < 1.29 is 67.0 Å². The predicted octanol–water partition coefficient (Wildman–Crippen LogP) is 16.9. The zero-order valence-corrected chi connectivity index (χ0v) is 80.3. The number of para-hydroxylation sites is 3. The van der Waals surface area contributed by atoms with Crippen LogP contribution in [0.2, 0.25) is 15.1 Å². The summed E-state index contributed by atoms with van der Waals surface area (Å²) in [5.41, 5.74) is 17.0. The molecule has 0 aliphatic carbocycles. The summed E-state index contributed by atoms with van der Waals surface area (Å²) in [5, 5.41) is 33.0. The van der Waals surface area contributed by atoms with Gasteiger partial charge in [-0.15, -0.1) is 17.5 Å². The lowest BCUT2D eigenvalue weighted by atomic mass is 9.86. The van der Waals surface area contributed by atoms with Gasteiger partial charge in [0, 0.05) is 138 Å². The van der Waals surface area contributed by atoms with Crippen LogP contribution in [-0.4, -0.2) is 191 Å². The number of carbonyl (C=O) groups is 9. The molecule has 12 aromatic rings. The summed E-state index contributed by atoms with van der Waals surface area (Å²) in [6.45, 7) is 13.5. The van der Waals surface area contributed by atoms with Gasteiger partial charge in [0.2, 0.25) is 41.2 Å². The maximum Gasteiger partial charge on any atom is 0.408 e. The molecule has 6 N–H and O–H groups in total. The summed E-state index contributed by atoms with van der Waals surface area (Å²) in [6.07, 6.45) is 10.3. The second-order valence-corrected chi connectivity index (χ2v) is 37.5. The van der Waals surface area contributed by atoms with E-state index in [4.69, 9.17) is 64.4 Å². The van der Waals surface area contributed by atoms with Gasteiger partial charge in [-0.2, -0.15) is 0 Å². The standard InChI is InChI=1S/C35H34ClN3O5.C30H38ClN3O4.C25H30ClN3O2.C10H6O4.C6H5N3O.ClH/c36-26-13-11-23(12-14-26)20-29(37-34(42)32-21-30(40)28-8-3-4-9-31(28)44-32)35(43)38-18-15-24(16-19-38)27-7-2-1-6-25(27)22-39-17-5-10-33(39)41;1-30(2,3)38-29(37)32-26(19-21-10-12-24(31)13-11-21)28(36)33-17-14-22(15-18-33)25-8-5-4-7-23(25)20-34-16-6-9-27(34)35;26-21-9-7-18(8-10-21)16-23(27)25(31)28-14-11-19(12-15-28)22-5-2-1-4-20(22)17-29-13-3-6-24(29)30;11-7-5-9(10(12)13)14-8-4-2-1-3-6(7)8;10-9-6-4-2-1-3-5(6)7-8-9;/h1-4,6-9,11-14,21,24,29H,5,10,15-20,22H2,(H,37,42);4-5,7-8,10-13,22,26H,6,9,14-20H2,1-3H3,(H,32,37);1-2,4-5,7-10,19,23H,3,6,11-17,27H2;1-5H,(H,12,13);1-4,10H;1H/t29-;26-;23-;;;/m000.../s1. The van der Waals surface area contributed by atoms with E-state index in [1.165, 1.54) is 33.9 Å². The van der Waals surface area contributed by atoms with Crippen LogP contribution in [0.4, 0.5) is 4.79 Å².